The Kier molecular flexibility index (Phi) is 6.27. The molecule has 0 aliphatic rings. The number of amides is 1. The molecule has 0 heterocycles. The fourth-order valence-corrected chi connectivity index (χ4v) is 2.09. The van der Waals surface area contributed by atoms with Crippen molar-refractivity contribution in [2.45, 2.75) is 59.2 Å². The third kappa shape index (κ3) is 7.14. The quantitative estimate of drug-likeness (QED) is 0.858. The Labute approximate surface area is 138 Å². The van der Waals surface area contributed by atoms with E-state index in [0.29, 0.717) is 13.1 Å². The summed E-state index contributed by atoms with van der Waals surface area (Å²) in [5, 5.41) is 6.98. The molecule has 0 aromatic heterocycles. The highest BCUT2D eigenvalue weighted by molar-refractivity contribution is 6.30. The van der Waals surface area contributed by atoms with E-state index in [9.17, 15) is 4.79 Å². The Morgan fingerprint density at radius 2 is 1.86 bits per heavy atom. The van der Waals surface area contributed by atoms with Crippen molar-refractivity contribution in [3.63, 3.8) is 0 Å². The summed E-state index contributed by atoms with van der Waals surface area (Å²) in [6, 6.07) is 5.85. The summed E-state index contributed by atoms with van der Waals surface area (Å²) < 4.78 is 5.24. The Bertz CT molecular complexity index is 522. The van der Waals surface area contributed by atoms with Crippen LogP contribution in [0.3, 0.4) is 0 Å². The molecule has 0 spiro atoms. The van der Waals surface area contributed by atoms with Crippen molar-refractivity contribution in [3.8, 4) is 0 Å². The van der Waals surface area contributed by atoms with Gasteiger partial charge in [0.05, 0.1) is 0 Å². The number of ether oxygens (including phenoxy) is 1. The number of benzene rings is 1. The lowest BCUT2D eigenvalue weighted by molar-refractivity contribution is 0.0513. The van der Waals surface area contributed by atoms with Gasteiger partial charge in [0.1, 0.15) is 5.60 Å². The van der Waals surface area contributed by atoms with E-state index in [0.717, 1.165) is 10.6 Å². The lowest BCUT2D eigenvalue weighted by Gasteiger charge is -2.28. The van der Waals surface area contributed by atoms with Crippen LogP contribution in [0.15, 0.2) is 18.2 Å². The molecule has 2 N–H and O–H groups in total. The monoisotopic (exact) mass is 326 g/mol. The minimum atomic E-state index is -0.484. The van der Waals surface area contributed by atoms with Crippen molar-refractivity contribution in [3.05, 3.63) is 34.3 Å². The Morgan fingerprint density at radius 3 is 2.41 bits per heavy atom. The number of rotatable bonds is 5. The van der Waals surface area contributed by atoms with Gasteiger partial charge in [0.2, 0.25) is 0 Å². The predicted molar refractivity (Wildman–Crippen MR) is 91.3 cm³/mol. The lowest BCUT2D eigenvalue weighted by Crippen LogP contribution is -2.49. The van der Waals surface area contributed by atoms with E-state index in [1.54, 1.807) is 0 Å². The van der Waals surface area contributed by atoms with E-state index in [4.69, 9.17) is 16.3 Å². The summed E-state index contributed by atoms with van der Waals surface area (Å²) >= 11 is 5.96. The third-order valence-electron chi connectivity index (χ3n) is 3.14. The van der Waals surface area contributed by atoms with Gasteiger partial charge >= 0.3 is 6.09 Å². The predicted octanol–water partition coefficient (Wildman–Crippen LogP) is 4.04. The average Bonchev–Trinajstić information content (AvgIpc) is 2.33. The summed E-state index contributed by atoms with van der Waals surface area (Å²) in [5.41, 5.74) is 1.61. The van der Waals surface area contributed by atoms with Crippen molar-refractivity contribution >= 4 is 17.7 Å². The minimum Gasteiger partial charge on any atom is -0.444 e. The maximum absolute atomic E-state index is 11.7. The van der Waals surface area contributed by atoms with Crippen LogP contribution in [0.5, 0.6) is 0 Å². The van der Waals surface area contributed by atoms with Gasteiger partial charge in [0.15, 0.2) is 0 Å². The van der Waals surface area contributed by atoms with Gasteiger partial charge in [0.25, 0.3) is 0 Å². The Morgan fingerprint density at radius 1 is 1.23 bits per heavy atom. The summed E-state index contributed by atoms with van der Waals surface area (Å²) in [6.07, 6.45) is -0.398. The van der Waals surface area contributed by atoms with Crippen molar-refractivity contribution < 1.29 is 9.53 Å². The molecule has 0 bridgehead atoms. The highest BCUT2D eigenvalue weighted by Crippen LogP contribution is 2.16. The standard InChI is InChI=1S/C17H27ClN2O2/c1-12-9-14(18)8-7-13(12)10-20-17(5,6)11-19-15(21)22-16(2,3)4/h7-9,20H,10-11H2,1-6H3,(H,19,21). The molecule has 124 valence electrons. The number of carbonyl (C=O) groups is 1. The number of hydrogen-bond acceptors (Lipinski definition) is 3. The van der Waals surface area contributed by atoms with Crippen LogP contribution < -0.4 is 10.6 Å². The maximum Gasteiger partial charge on any atom is 0.407 e. The van der Waals surface area contributed by atoms with Crippen LogP contribution in [0.4, 0.5) is 4.79 Å². The molecule has 1 rings (SSSR count). The highest BCUT2D eigenvalue weighted by atomic mass is 35.5. The zero-order valence-corrected chi connectivity index (χ0v) is 15.1. The van der Waals surface area contributed by atoms with Crippen LogP contribution in [0.1, 0.15) is 45.7 Å². The number of carbonyl (C=O) groups excluding carboxylic acids is 1. The minimum absolute atomic E-state index is 0.247. The van der Waals surface area contributed by atoms with Crippen molar-refractivity contribution in [2.75, 3.05) is 6.54 Å². The van der Waals surface area contributed by atoms with Crippen molar-refractivity contribution in [1.82, 2.24) is 10.6 Å². The van der Waals surface area contributed by atoms with Gasteiger partial charge in [-0.05, 0) is 64.8 Å². The van der Waals surface area contributed by atoms with Crippen LogP contribution in [0, 0.1) is 6.92 Å². The van der Waals surface area contributed by atoms with Crippen LogP contribution in [-0.2, 0) is 11.3 Å². The molecule has 4 nitrogen and oxygen atoms in total. The van der Waals surface area contributed by atoms with E-state index in [-0.39, 0.29) is 5.54 Å². The fraction of sp³-hybridized carbons (Fsp3) is 0.588. The van der Waals surface area contributed by atoms with E-state index in [2.05, 4.69) is 10.6 Å². The first kappa shape index (κ1) is 18.8. The summed E-state index contributed by atoms with van der Waals surface area (Å²) in [4.78, 5) is 11.7. The van der Waals surface area contributed by atoms with Crippen LogP contribution in [0.2, 0.25) is 5.02 Å². The maximum atomic E-state index is 11.7. The Balaban J connectivity index is 2.48. The summed E-state index contributed by atoms with van der Waals surface area (Å²) in [7, 11) is 0. The highest BCUT2D eigenvalue weighted by Gasteiger charge is 2.21. The molecule has 0 unspecified atom stereocenters. The zero-order chi connectivity index (χ0) is 17.0. The number of halogens is 1. The normalized spacial score (nSPS) is 12.1. The van der Waals surface area contributed by atoms with Crippen LogP contribution >= 0.6 is 11.6 Å². The third-order valence-corrected chi connectivity index (χ3v) is 3.37. The number of aryl methyl sites for hydroxylation is 1. The van der Waals surface area contributed by atoms with E-state index < -0.39 is 11.7 Å². The number of nitrogens with one attached hydrogen (secondary N) is 2. The van der Waals surface area contributed by atoms with E-state index in [1.807, 2.05) is 59.7 Å². The molecule has 0 atom stereocenters. The van der Waals surface area contributed by atoms with E-state index in [1.165, 1.54) is 5.56 Å². The largest absolute Gasteiger partial charge is 0.444 e. The van der Waals surface area contributed by atoms with Gasteiger partial charge < -0.3 is 15.4 Å². The number of hydrogen-bond donors (Lipinski definition) is 2. The Hall–Kier alpha value is -1.26. The molecule has 0 saturated carbocycles. The molecule has 0 aliphatic heterocycles. The lowest BCUT2D eigenvalue weighted by atomic mass is 10.0. The molecule has 1 aromatic carbocycles. The molecule has 1 aromatic rings. The first-order chi connectivity index (χ1) is 9.98. The fourth-order valence-electron chi connectivity index (χ4n) is 1.86. The van der Waals surface area contributed by atoms with Gasteiger partial charge in [0, 0.05) is 23.7 Å². The second kappa shape index (κ2) is 7.34. The van der Waals surface area contributed by atoms with Crippen LogP contribution in [-0.4, -0.2) is 23.8 Å². The number of alkyl carbamates (subject to hydrolysis) is 1. The molecular formula is C17H27ClN2O2. The molecule has 0 fully saturated rings. The molecule has 0 saturated heterocycles. The second-order valence-electron chi connectivity index (χ2n) is 7.16. The van der Waals surface area contributed by atoms with Gasteiger partial charge in [-0.15, -0.1) is 0 Å². The molecule has 0 aliphatic carbocycles. The topological polar surface area (TPSA) is 50.4 Å². The second-order valence-corrected chi connectivity index (χ2v) is 7.60. The summed E-state index contributed by atoms with van der Waals surface area (Å²) in [5.74, 6) is 0. The average molecular weight is 327 g/mol. The molecule has 0 radical (unpaired) electrons. The molecule has 5 heteroatoms. The van der Waals surface area contributed by atoms with Gasteiger partial charge in [-0.2, -0.15) is 0 Å². The molecular weight excluding hydrogens is 300 g/mol. The first-order valence-corrected chi connectivity index (χ1v) is 7.83. The molecule has 22 heavy (non-hydrogen) atoms. The van der Waals surface area contributed by atoms with Gasteiger partial charge in [-0.25, -0.2) is 4.79 Å². The molecule has 1 amide bonds. The van der Waals surface area contributed by atoms with E-state index >= 15 is 0 Å². The van der Waals surface area contributed by atoms with Crippen LogP contribution in [0.25, 0.3) is 0 Å². The van der Waals surface area contributed by atoms with Crippen molar-refractivity contribution in [2.24, 2.45) is 0 Å². The van der Waals surface area contributed by atoms with Crippen molar-refractivity contribution in [1.29, 1.82) is 0 Å². The van der Waals surface area contributed by atoms with Gasteiger partial charge in [-0.1, -0.05) is 17.7 Å². The summed E-state index contributed by atoms with van der Waals surface area (Å²) in [6.45, 7) is 12.8. The van der Waals surface area contributed by atoms with Gasteiger partial charge in [-0.3, -0.25) is 0 Å². The first-order valence-electron chi connectivity index (χ1n) is 7.45. The SMILES string of the molecule is Cc1cc(Cl)ccc1CNC(C)(C)CNC(=O)OC(C)(C)C. The zero-order valence-electron chi connectivity index (χ0n) is 14.3. The smallest absolute Gasteiger partial charge is 0.407 e.